The SMILES string of the molecule is CCC(Cn1cncn1)Nc1cc(C(=O)N2CCN(C)CC2)ccc1OC. The molecule has 1 N–H and O–H groups in total. The van der Waals surface area contributed by atoms with E-state index in [1.807, 2.05) is 23.1 Å². The summed E-state index contributed by atoms with van der Waals surface area (Å²) in [5.41, 5.74) is 1.50. The number of aromatic nitrogens is 3. The molecule has 0 spiro atoms. The molecule has 1 fully saturated rings. The van der Waals surface area contributed by atoms with Gasteiger partial charge in [0.2, 0.25) is 0 Å². The first-order valence-electron chi connectivity index (χ1n) is 9.35. The van der Waals surface area contributed by atoms with E-state index in [0.717, 1.165) is 44.0 Å². The Kier molecular flexibility index (Phi) is 6.28. The molecule has 1 aromatic carbocycles. The van der Waals surface area contributed by atoms with Crippen molar-refractivity contribution in [3.8, 4) is 5.75 Å². The maximum absolute atomic E-state index is 12.9. The molecule has 8 nitrogen and oxygen atoms in total. The number of rotatable bonds is 7. The number of piperazine rings is 1. The van der Waals surface area contributed by atoms with Crippen LogP contribution in [0.3, 0.4) is 0 Å². The lowest BCUT2D eigenvalue weighted by Crippen LogP contribution is -2.47. The highest BCUT2D eigenvalue weighted by Crippen LogP contribution is 2.27. The van der Waals surface area contributed by atoms with Gasteiger partial charge in [0.05, 0.1) is 19.3 Å². The summed E-state index contributed by atoms with van der Waals surface area (Å²) in [6, 6.07) is 5.73. The first kappa shape index (κ1) is 19.2. The lowest BCUT2D eigenvalue weighted by molar-refractivity contribution is 0.0664. The van der Waals surface area contributed by atoms with Crippen molar-refractivity contribution >= 4 is 11.6 Å². The van der Waals surface area contributed by atoms with Crippen LogP contribution >= 0.6 is 0 Å². The second kappa shape index (κ2) is 8.85. The zero-order valence-corrected chi connectivity index (χ0v) is 16.3. The summed E-state index contributed by atoms with van der Waals surface area (Å²) in [7, 11) is 3.72. The Labute approximate surface area is 160 Å². The van der Waals surface area contributed by atoms with Gasteiger partial charge in [0, 0.05) is 37.8 Å². The molecule has 0 bridgehead atoms. The van der Waals surface area contributed by atoms with E-state index in [0.29, 0.717) is 12.1 Å². The zero-order valence-electron chi connectivity index (χ0n) is 16.3. The third-order valence-corrected chi connectivity index (χ3v) is 4.96. The van der Waals surface area contributed by atoms with Gasteiger partial charge in [-0.15, -0.1) is 0 Å². The van der Waals surface area contributed by atoms with Crippen LogP contribution in [-0.4, -0.2) is 76.8 Å². The molecule has 2 aromatic rings. The molecule has 8 heteroatoms. The molecular weight excluding hydrogens is 344 g/mol. The maximum Gasteiger partial charge on any atom is 0.254 e. The Morgan fingerprint density at radius 3 is 2.70 bits per heavy atom. The van der Waals surface area contributed by atoms with E-state index in [-0.39, 0.29) is 11.9 Å². The van der Waals surface area contributed by atoms with Gasteiger partial charge in [-0.25, -0.2) is 4.98 Å². The van der Waals surface area contributed by atoms with Crippen LogP contribution in [0.1, 0.15) is 23.7 Å². The van der Waals surface area contributed by atoms with Crippen LogP contribution in [0.4, 0.5) is 5.69 Å². The second-order valence-corrected chi connectivity index (χ2v) is 6.88. The number of ether oxygens (including phenoxy) is 1. The van der Waals surface area contributed by atoms with Crippen molar-refractivity contribution in [2.24, 2.45) is 0 Å². The Morgan fingerprint density at radius 1 is 1.30 bits per heavy atom. The van der Waals surface area contributed by atoms with Gasteiger partial charge in [-0.2, -0.15) is 5.10 Å². The number of nitrogens with one attached hydrogen (secondary N) is 1. The van der Waals surface area contributed by atoms with Crippen LogP contribution in [0.5, 0.6) is 5.75 Å². The highest BCUT2D eigenvalue weighted by molar-refractivity contribution is 5.95. The van der Waals surface area contributed by atoms with E-state index < -0.39 is 0 Å². The topological polar surface area (TPSA) is 75.5 Å². The van der Waals surface area contributed by atoms with Crippen molar-refractivity contribution in [1.29, 1.82) is 0 Å². The van der Waals surface area contributed by atoms with Crippen molar-refractivity contribution in [3.05, 3.63) is 36.4 Å². The number of benzene rings is 1. The molecule has 0 saturated carbocycles. The summed E-state index contributed by atoms with van der Waals surface area (Å²) < 4.78 is 7.29. The third-order valence-electron chi connectivity index (χ3n) is 4.96. The van der Waals surface area contributed by atoms with E-state index in [4.69, 9.17) is 4.74 Å². The average Bonchev–Trinajstić information content (AvgIpc) is 3.20. The number of methoxy groups -OCH3 is 1. The molecule has 2 heterocycles. The monoisotopic (exact) mass is 372 g/mol. The fourth-order valence-corrected chi connectivity index (χ4v) is 3.20. The molecule has 146 valence electrons. The Bertz CT molecular complexity index is 741. The fourth-order valence-electron chi connectivity index (χ4n) is 3.20. The number of carbonyl (C=O) groups is 1. The first-order chi connectivity index (χ1) is 13.1. The van der Waals surface area contributed by atoms with Crippen LogP contribution in [0.2, 0.25) is 0 Å². The summed E-state index contributed by atoms with van der Waals surface area (Å²) in [5, 5.41) is 7.67. The third kappa shape index (κ3) is 4.77. The minimum atomic E-state index is 0.0677. The largest absolute Gasteiger partial charge is 0.495 e. The van der Waals surface area contributed by atoms with Crippen molar-refractivity contribution in [3.63, 3.8) is 0 Å². The molecule has 1 saturated heterocycles. The van der Waals surface area contributed by atoms with Gasteiger partial charge in [-0.3, -0.25) is 9.48 Å². The number of amides is 1. The molecule has 0 radical (unpaired) electrons. The molecule has 27 heavy (non-hydrogen) atoms. The van der Waals surface area contributed by atoms with Crippen molar-refractivity contribution in [1.82, 2.24) is 24.6 Å². The van der Waals surface area contributed by atoms with E-state index in [1.54, 1.807) is 18.1 Å². The second-order valence-electron chi connectivity index (χ2n) is 6.88. The van der Waals surface area contributed by atoms with Gasteiger partial charge in [-0.05, 0) is 31.7 Å². The smallest absolute Gasteiger partial charge is 0.254 e. The van der Waals surface area contributed by atoms with Gasteiger partial charge in [0.15, 0.2) is 0 Å². The van der Waals surface area contributed by atoms with Crippen molar-refractivity contribution < 1.29 is 9.53 Å². The van der Waals surface area contributed by atoms with E-state index in [9.17, 15) is 4.79 Å². The number of carbonyl (C=O) groups excluding carboxylic acids is 1. The molecule has 1 aliphatic rings. The highest BCUT2D eigenvalue weighted by atomic mass is 16.5. The van der Waals surface area contributed by atoms with Crippen LogP contribution < -0.4 is 10.1 Å². The summed E-state index contributed by atoms with van der Waals surface area (Å²) in [4.78, 5) is 21.0. The Morgan fingerprint density at radius 2 is 2.07 bits per heavy atom. The lowest BCUT2D eigenvalue weighted by Gasteiger charge is -2.32. The number of hydrogen-bond acceptors (Lipinski definition) is 6. The van der Waals surface area contributed by atoms with E-state index in [2.05, 4.69) is 34.3 Å². The van der Waals surface area contributed by atoms with Gasteiger partial charge >= 0.3 is 0 Å². The van der Waals surface area contributed by atoms with Crippen LogP contribution in [0.25, 0.3) is 0 Å². The summed E-state index contributed by atoms with van der Waals surface area (Å²) >= 11 is 0. The summed E-state index contributed by atoms with van der Waals surface area (Å²) in [6.45, 7) is 6.13. The number of likely N-dealkylation sites (N-methyl/N-ethyl adjacent to an activating group) is 1. The zero-order chi connectivity index (χ0) is 19.2. The van der Waals surface area contributed by atoms with Crippen molar-refractivity contribution in [2.45, 2.75) is 25.9 Å². The van der Waals surface area contributed by atoms with Gasteiger partial charge < -0.3 is 19.9 Å². The average molecular weight is 372 g/mol. The fraction of sp³-hybridized carbons (Fsp3) is 0.526. The predicted molar refractivity (Wildman–Crippen MR) is 104 cm³/mol. The van der Waals surface area contributed by atoms with E-state index in [1.165, 1.54) is 6.33 Å². The number of anilines is 1. The standard InChI is InChI=1S/C19H28N6O2/c1-4-16(12-25-14-20-13-21-25)22-17-11-15(5-6-18(17)27-3)19(26)24-9-7-23(2)8-10-24/h5-6,11,13-14,16,22H,4,7-10,12H2,1-3H3. The van der Waals surface area contributed by atoms with Gasteiger partial charge in [0.25, 0.3) is 5.91 Å². The number of hydrogen-bond donors (Lipinski definition) is 1. The van der Waals surface area contributed by atoms with Crippen molar-refractivity contribution in [2.75, 3.05) is 45.7 Å². The summed E-state index contributed by atoms with van der Waals surface area (Å²) in [5.74, 6) is 0.792. The highest BCUT2D eigenvalue weighted by Gasteiger charge is 2.21. The maximum atomic E-state index is 12.9. The van der Waals surface area contributed by atoms with Crippen LogP contribution in [0.15, 0.2) is 30.9 Å². The molecule has 1 atom stereocenters. The summed E-state index contributed by atoms with van der Waals surface area (Å²) in [6.07, 6.45) is 4.14. The molecule has 1 aromatic heterocycles. The van der Waals surface area contributed by atoms with Crippen LogP contribution in [0, 0.1) is 0 Å². The molecule has 3 rings (SSSR count). The molecule has 0 aliphatic carbocycles. The molecule has 1 unspecified atom stereocenters. The predicted octanol–water partition coefficient (Wildman–Crippen LogP) is 1.56. The molecular formula is C19H28N6O2. The quantitative estimate of drug-likeness (QED) is 0.795. The Hall–Kier alpha value is -2.61. The first-order valence-corrected chi connectivity index (χ1v) is 9.35. The molecule has 1 amide bonds. The van der Waals surface area contributed by atoms with E-state index >= 15 is 0 Å². The Balaban J connectivity index is 1.75. The van der Waals surface area contributed by atoms with Gasteiger partial charge in [0.1, 0.15) is 18.4 Å². The normalized spacial score (nSPS) is 16.2. The van der Waals surface area contributed by atoms with Crippen LogP contribution in [-0.2, 0) is 6.54 Å². The number of nitrogens with zero attached hydrogens (tertiary/aromatic N) is 5. The minimum absolute atomic E-state index is 0.0677. The lowest BCUT2D eigenvalue weighted by atomic mass is 10.1. The molecule has 1 aliphatic heterocycles. The minimum Gasteiger partial charge on any atom is -0.495 e. The van der Waals surface area contributed by atoms with Gasteiger partial charge in [-0.1, -0.05) is 6.92 Å².